The largest absolute Gasteiger partial charge is 0.485 e. The monoisotopic (exact) mass is 316 g/mol. The molecule has 0 aliphatic rings. The number of hydrogen-bond acceptors (Lipinski definition) is 2. The minimum atomic E-state index is 0.475. The van der Waals surface area contributed by atoms with Gasteiger partial charge in [0, 0.05) is 11.9 Å². The number of benzene rings is 3. The number of rotatable bonds is 5. The molecule has 4 aromatic rings. The van der Waals surface area contributed by atoms with Crippen molar-refractivity contribution in [3.05, 3.63) is 72.6 Å². The average Bonchev–Trinajstić information content (AvgIpc) is 2.98. The summed E-state index contributed by atoms with van der Waals surface area (Å²) in [6.07, 6.45) is 1.07. The summed E-state index contributed by atoms with van der Waals surface area (Å²) in [6, 6.07) is 22.7. The fourth-order valence-corrected chi connectivity index (χ4v) is 3.17. The number of ether oxygens (including phenoxy) is 1. The summed E-state index contributed by atoms with van der Waals surface area (Å²) in [5, 5.41) is 2.33. The lowest BCUT2D eigenvalue weighted by atomic mass is 10.1. The molecule has 0 N–H and O–H groups in total. The summed E-state index contributed by atoms with van der Waals surface area (Å²) in [7, 11) is 0. The summed E-state index contributed by atoms with van der Waals surface area (Å²) in [4.78, 5) is 4.76. The average molecular weight is 316 g/mol. The van der Waals surface area contributed by atoms with E-state index in [0.29, 0.717) is 6.61 Å². The maximum atomic E-state index is 6.14. The topological polar surface area (TPSA) is 27.1 Å². The van der Waals surface area contributed by atoms with E-state index in [4.69, 9.17) is 9.72 Å². The zero-order valence-corrected chi connectivity index (χ0v) is 13.8. The highest BCUT2D eigenvalue weighted by Crippen LogP contribution is 2.26. The Hall–Kier alpha value is -2.81. The molecule has 3 aromatic carbocycles. The van der Waals surface area contributed by atoms with Crippen LogP contribution in [0.3, 0.4) is 0 Å². The highest BCUT2D eigenvalue weighted by molar-refractivity contribution is 5.88. The maximum absolute atomic E-state index is 6.14. The van der Waals surface area contributed by atoms with Crippen molar-refractivity contribution in [2.45, 2.75) is 26.5 Å². The number of para-hydroxylation sites is 2. The molecule has 0 aliphatic heterocycles. The van der Waals surface area contributed by atoms with E-state index >= 15 is 0 Å². The molecule has 0 aliphatic carbocycles. The normalized spacial score (nSPS) is 11.2. The highest BCUT2D eigenvalue weighted by Gasteiger charge is 2.11. The van der Waals surface area contributed by atoms with Crippen molar-refractivity contribution in [1.29, 1.82) is 0 Å². The molecule has 3 nitrogen and oxygen atoms in total. The van der Waals surface area contributed by atoms with E-state index in [1.54, 1.807) is 0 Å². The Bertz CT molecular complexity index is 982. The standard InChI is InChI=1S/C21H20N2O/c1-2-14-23-19-12-6-5-11-18(19)22-21(23)15-24-20-13-7-9-16-8-3-4-10-17(16)20/h3-13H,2,14-15H2,1H3. The van der Waals surface area contributed by atoms with Crippen LogP contribution in [0.1, 0.15) is 19.2 Å². The zero-order chi connectivity index (χ0) is 16.4. The first-order chi connectivity index (χ1) is 11.9. The second kappa shape index (κ2) is 6.36. The third kappa shape index (κ3) is 2.62. The van der Waals surface area contributed by atoms with Gasteiger partial charge in [-0.25, -0.2) is 4.98 Å². The first-order valence-electron chi connectivity index (χ1n) is 8.41. The summed E-state index contributed by atoms with van der Waals surface area (Å²) in [5.41, 5.74) is 2.21. The van der Waals surface area contributed by atoms with Gasteiger partial charge in [0.05, 0.1) is 11.0 Å². The molecule has 120 valence electrons. The highest BCUT2D eigenvalue weighted by atomic mass is 16.5. The van der Waals surface area contributed by atoms with E-state index in [9.17, 15) is 0 Å². The Morgan fingerprint density at radius 1 is 0.917 bits per heavy atom. The molecule has 1 heterocycles. The lowest BCUT2D eigenvalue weighted by Gasteiger charge is -2.11. The van der Waals surface area contributed by atoms with Crippen LogP contribution in [-0.4, -0.2) is 9.55 Å². The molecule has 0 spiro atoms. The first kappa shape index (κ1) is 14.8. The van der Waals surface area contributed by atoms with Gasteiger partial charge in [-0.3, -0.25) is 0 Å². The molecule has 0 radical (unpaired) electrons. The van der Waals surface area contributed by atoms with Gasteiger partial charge < -0.3 is 9.30 Å². The molecule has 24 heavy (non-hydrogen) atoms. The van der Waals surface area contributed by atoms with Gasteiger partial charge in [-0.05, 0) is 30.0 Å². The van der Waals surface area contributed by atoms with Gasteiger partial charge in [-0.2, -0.15) is 0 Å². The summed E-state index contributed by atoms with van der Waals surface area (Å²) < 4.78 is 8.40. The molecule has 0 atom stereocenters. The Morgan fingerprint density at radius 3 is 2.62 bits per heavy atom. The molecule has 0 saturated carbocycles. The van der Waals surface area contributed by atoms with Gasteiger partial charge in [0.25, 0.3) is 0 Å². The van der Waals surface area contributed by atoms with E-state index in [2.05, 4.69) is 47.9 Å². The summed E-state index contributed by atoms with van der Waals surface area (Å²) in [6.45, 7) is 3.61. The molecule has 1 aromatic heterocycles. The molecule has 0 bridgehead atoms. The number of fused-ring (bicyclic) bond motifs is 2. The molecule has 4 rings (SSSR count). The molecule has 0 amide bonds. The number of aryl methyl sites for hydroxylation is 1. The third-order valence-corrected chi connectivity index (χ3v) is 4.29. The van der Waals surface area contributed by atoms with Crippen LogP contribution in [0.25, 0.3) is 21.8 Å². The molecular weight excluding hydrogens is 296 g/mol. The lowest BCUT2D eigenvalue weighted by molar-refractivity contribution is 0.293. The second-order valence-corrected chi connectivity index (χ2v) is 5.93. The van der Waals surface area contributed by atoms with E-state index in [-0.39, 0.29) is 0 Å². The lowest BCUT2D eigenvalue weighted by Crippen LogP contribution is -2.07. The number of hydrogen-bond donors (Lipinski definition) is 0. The van der Waals surface area contributed by atoms with Crippen LogP contribution in [0.4, 0.5) is 0 Å². The van der Waals surface area contributed by atoms with Crippen molar-refractivity contribution in [3.63, 3.8) is 0 Å². The van der Waals surface area contributed by atoms with E-state index in [0.717, 1.165) is 35.4 Å². The van der Waals surface area contributed by atoms with Crippen LogP contribution >= 0.6 is 0 Å². The predicted molar refractivity (Wildman–Crippen MR) is 98.3 cm³/mol. The molecular formula is C21H20N2O. The van der Waals surface area contributed by atoms with Gasteiger partial charge in [0.1, 0.15) is 18.2 Å². The van der Waals surface area contributed by atoms with Crippen LogP contribution < -0.4 is 4.74 Å². The summed E-state index contributed by atoms with van der Waals surface area (Å²) >= 11 is 0. The smallest absolute Gasteiger partial charge is 0.147 e. The van der Waals surface area contributed by atoms with Crippen molar-refractivity contribution in [3.8, 4) is 5.75 Å². The quantitative estimate of drug-likeness (QED) is 0.507. The number of imidazole rings is 1. The van der Waals surface area contributed by atoms with Gasteiger partial charge in [-0.1, -0.05) is 55.5 Å². The van der Waals surface area contributed by atoms with Crippen LogP contribution in [0.5, 0.6) is 5.75 Å². The molecule has 0 unspecified atom stereocenters. The van der Waals surface area contributed by atoms with E-state index in [1.807, 2.05) is 30.3 Å². The number of aromatic nitrogens is 2. The number of nitrogens with zero attached hydrogens (tertiary/aromatic N) is 2. The van der Waals surface area contributed by atoms with Crippen molar-refractivity contribution < 1.29 is 4.74 Å². The molecule has 0 saturated heterocycles. The van der Waals surface area contributed by atoms with Crippen molar-refractivity contribution in [2.75, 3.05) is 0 Å². The van der Waals surface area contributed by atoms with Crippen molar-refractivity contribution >= 4 is 21.8 Å². The Balaban J connectivity index is 1.68. The van der Waals surface area contributed by atoms with Crippen LogP contribution in [0.2, 0.25) is 0 Å². The van der Waals surface area contributed by atoms with Gasteiger partial charge in [-0.15, -0.1) is 0 Å². The Kier molecular flexibility index (Phi) is 3.91. The van der Waals surface area contributed by atoms with E-state index in [1.165, 1.54) is 10.9 Å². The van der Waals surface area contributed by atoms with E-state index < -0.39 is 0 Å². The van der Waals surface area contributed by atoms with Crippen LogP contribution in [0.15, 0.2) is 66.7 Å². The molecule has 3 heteroatoms. The van der Waals surface area contributed by atoms with Gasteiger partial charge in [0.15, 0.2) is 0 Å². The van der Waals surface area contributed by atoms with Crippen molar-refractivity contribution in [2.24, 2.45) is 0 Å². The fourth-order valence-electron chi connectivity index (χ4n) is 3.17. The Labute approximate surface area is 141 Å². The fraction of sp³-hybridized carbons (Fsp3) is 0.190. The zero-order valence-electron chi connectivity index (χ0n) is 13.8. The van der Waals surface area contributed by atoms with Gasteiger partial charge >= 0.3 is 0 Å². The third-order valence-electron chi connectivity index (χ3n) is 4.29. The van der Waals surface area contributed by atoms with Gasteiger partial charge in [0.2, 0.25) is 0 Å². The molecule has 0 fully saturated rings. The maximum Gasteiger partial charge on any atom is 0.147 e. The van der Waals surface area contributed by atoms with Crippen LogP contribution in [-0.2, 0) is 13.2 Å². The minimum Gasteiger partial charge on any atom is -0.485 e. The predicted octanol–water partition coefficient (Wildman–Crippen LogP) is 5.18. The van der Waals surface area contributed by atoms with Crippen LogP contribution in [0, 0.1) is 0 Å². The Morgan fingerprint density at radius 2 is 1.71 bits per heavy atom. The second-order valence-electron chi connectivity index (χ2n) is 5.93. The van der Waals surface area contributed by atoms with Crippen molar-refractivity contribution in [1.82, 2.24) is 9.55 Å². The SMILES string of the molecule is CCCn1c(COc2cccc3ccccc23)nc2ccccc21. The minimum absolute atomic E-state index is 0.475. The first-order valence-corrected chi connectivity index (χ1v) is 8.41. The summed E-state index contributed by atoms with van der Waals surface area (Å²) in [5.74, 6) is 1.88.